The van der Waals surface area contributed by atoms with E-state index in [1.54, 1.807) is 6.33 Å². The molecule has 130 valence electrons. The van der Waals surface area contributed by atoms with E-state index in [2.05, 4.69) is 74.2 Å². The number of aromatic nitrogens is 2. The van der Waals surface area contributed by atoms with Gasteiger partial charge in [-0.2, -0.15) is 0 Å². The van der Waals surface area contributed by atoms with Crippen LogP contribution in [0.2, 0.25) is 0 Å². The van der Waals surface area contributed by atoms with Crippen molar-refractivity contribution in [3.63, 3.8) is 0 Å². The highest BCUT2D eigenvalue weighted by Crippen LogP contribution is 2.27. The Morgan fingerprint density at radius 3 is 2.36 bits per heavy atom. The average Bonchev–Trinajstić information content (AvgIpc) is 2.63. The standard InChI is InChI=1S/C20H23BrN4/c1-3-11-25(12-4-2)17-8-6-16(7-9-17)24-20-18-13-15(21)5-10-19(18)22-14-23-20/h5-10,13-14H,3-4,11-12H2,1-2H3,(H,22,23,24). The number of fused-ring (bicyclic) bond motifs is 1. The van der Waals surface area contributed by atoms with E-state index < -0.39 is 0 Å². The fourth-order valence-corrected chi connectivity index (χ4v) is 3.29. The monoisotopic (exact) mass is 398 g/mol. The predicted octanol–water partition coefficient (Wildman–Crippen LogP) is 5.76. The predicted molar refractivity (Wildman–Crippen MR) is 110 cm³/mol. The van der Waals surface area contributed by atoms with Gasteiger partial charge in [0.25, 0.3) is 0 Å². The van der Waals surface area contributed by atoms with Crippen LogP contribution in [0.5, 0.6) is 0 Å². The van der Waals surface area contributed by atoms with Crippen molar-refractivity contribution in [2.24, 2.45) is 0 Å². The number of rotatable bonds is 7. The van der Waals surface area contributed by atoms with Crippen molar-refractivity contribution in [2.75, 3.05) is 23.3 Å². The smallest absolute Gasteiger partial charge is 0.141 e. The molecule has 0 spiro atoms. The van der Waals surface area contributed by atoms with Crippen LogP contribution in [-0.4, -0.2) is 23.1 Å². The Morgan fingerprint density at radius 1 is 0.960 bits per heavy atom. The number of nitrogens with zero attached hydrogens (tertiary/aromatic N) is 3. The molecule has 5 heteroatoms. The molecule has 25 heavy (non-hydrogen) atoms. The lowest BCUT2D eigenvalue weighted by Crippen LogP contribution is -2.24. The minimum absolute atomic E-state index is 0.818. The molecule has 1 N–H and O–H groups in total. The molecule has 0 saturated heterocycles. The molecule has 2 aromatic carbocycles. The quantitative estimate of drug-likeness (QED) is 0.548. The number of hydrogen-bond donors (Lipinski definition) is 1. The van der Waals surface area contributed by atoms with E-state index in [4.69, 9.17) is 0 Å². The van der Waals surface area contributed by atoms with E-state index in [0.717, 1.165) is 52.8 Å². The first-order valence-electron chi connectivity index (χ1n) is 8.73. The van der Waals surface area contributed by atoms with E-state index >= 15 is 0 Å². The SMILES string of the molecule is CCCN(CCC)c1ccc(Nc2ncnc3ccc(Br)cc23)cc1. The molecule has 0 amide bonds. The summed E-state index contributed by atoms with van der Waals surface area (Å²) in [5.74, 6) is 0.818. The largest absolute Gasteiger partial charge is 0.372 e. The maximum atomic E-state index is 4.41. The van der Waals surface area contributed by atoms with Gasteiger partial charge < -0.3 is 10.2 Å². The summed E-state index contributed by atoms with van der Waals surface area (Å²) in [6.07, 6.45) is 3.90. The fraction of sp³-hybridized carbons (Fsp3) is 0.300. The summed E-state index contributed by atoms with van der Waals surface area (Å²) < 4.78 is 1.02. The maximum Gasteiger partial charge on any atom is 0.141 e. The number of benzene rings is 2. The first kappa shape index (κ1) is 17.7. The summed E-state index contributed by atoms with van der Waals surface area (Å²) in [6, 6.07) is 14.6. The van der Waals surface area contributed by atoms with Crippen LogP contribution >= 0.6 is 15.9 Å². The zero-order chi connectivity index (χ0) is 17.6. The second-order valence-electron chi connectivity index (χ2n) is 6.04. The molecule has 0 aliphatic carbocycles. The average molecular weight is 399 g/mol. The number of hydrogen-bond acceptors (Lipinski definition) is 4. The maximum absolute atomic E-state index is 4.41. The van der Waals surface area contributed by atoms with Crippen LogP contribution in [0.3, 0.4) is 0 Å². The van der Waals surface area contributed by atoms with Crippen LogP contribution in [0.15, 0.2) is 53.3 Å². The van der Waals surface area contributed by atoms with Gasteiger partial charge in [-0.05, 0) is 55.3 Å². The Morgan fingerprint density at radius 2 is 1.68 bits per heavy atom. The molecule has 3 rings (SSSR count). The highest BCUT2D eigenvalue weighted by Gasteiger charge is 2.07. The van der Waals surface area contributed by atoms with E-state index in [0.29, 0.717) is 0 Å². The van der Waals surface area contributed by atoms with Crippen molar-refractivity contribution < 1.29 is 0 Å². The number of anilines is 3. The normalized spacial score (nSPS) is 10.8. The van der Waals surface area contributed by atoms with Crippen molar-refractivity contribution in [1.29, 1.82) is 0 Å². The summed E-state index contributed by atoms with van der Waals surface area (Å²) in [4.78, 5) is 11.2. The topological polar surface area (TPSA) is 41.0 Å². The van der Waals surface area contributed by atoms with Crippen molar-refractivity contribution >= 4 is 44.0 Å². The van der Waals surface area contributed by atoms with Crippen molar-refractivity contribution in [3.8, 4) is 0 Å². The molecule has 1 aromatic heterocycles. The van der Waals surface area contributed by atoms with Crippen LogP contribution in [0.25, 0.3) is 10.9 Å². The zero-order valence-electron chi connectivity index (χ0n) is 14.7. The lowest BCUT2D eigenvalue weighted by molar-refractivity contribution is 0.745. The molecule has 0 bridgehead atoms. The Bertz CT molecular complexity index is 827. The molecule has 0 radical (unpaired) electrons. The van der Waals surface area contributed by atoms with E-state index in [1.165, 1.54) is 5.69 Å². The van der Waals surface area contributed by atoms with Crippen molar-refractivity contribution in [3.05, 3.63) is 53.3 Å². The van der Waals surface area contributed by atoms with Gasteiger partial charge in [0.15, 0.2) is 0 Å². The fourth-order valence-electron chi connectivity index (χ4n) is 2.93. The van der Waals surface area contributed by atoms with Gasteiger partial charge in [0, 0.05) is 34.3 Å². The lowest BCUT2D eigenvalue weighted by Gasteiger charge is -2.24. The molecule has 0 unspecified atom stereocenters. The van der Waals surface area contributed by atoms with Gasteiger partial charge in [0.05, 0.1) is 5.52 Å². The third kappa shape index (κ3) is 4.28. The van der Waals surface area contributed by atoms with Gasteiger partial charge in [-0.15, -0.1) is 0 Å². The Labute approximate surface area is 157 Å². The molecule has 0 saturated carbocycles. The Hall–Kier alpha value is -2.14. The van der Waals surface area contributed by atoms with Gasteiger partial charge in [-0.25, -0.2) is 9.97 Å². The minimum atomic E-state index is 0.818. The van der Waals surface area contributed by atoms with Gasteiger partial charge in [-0.1, -0.05) is 29.8 Å². The summed E-state index contributed by atoms with van der Waals surface area (Å²) in [7, 11) is 0. The molecule has 1 heterocycles. The molecule has 0 fully saturated rings. The summed E-state index contributed by atoms with van der Waals surface area (Å²) >= 11 is 3.52. The summed E-state index contributed by atoms with van der Waals surface area (Å²) in [5.41, 5.74) is 3.22. The molecule has 3 aromatic rings. The van der Waals surface area contributed by atoms with Gasteiger partial charge >= 0.3 is 0 Å². The lowest BCUT2D eigenvalue weighted by atomic mass is 10.2. The summed E-state index contributed by atoms with van der Waals surface area (Å²) in [5, 5.41) is 4.41. The first-order valence-corrected chi connectivity index (χ1v) is 9.53. The van der Waals surface area contributed by atoms with Crippen molar-refractivity contribution in [1.82, 2.24) is 9.97 Å². The summed E-state index contributed by atoms with van der Waals surface area (Å²) in [6.45, 7) is 6.62. The molecule has 0 aliphatic heterocycles. The molecule has 4 nitrogen and oxygen atoms in total. The van der Waals surface area contributed by atoms with Crippen molar-refractivity contribution in [2.45, 2.75) is 26.7 Å². The number of halogens is 1. The first-order chi connectivity index (χ1) is 12.2. The van der Waals surface area contributed by atoms with Crippen LogP contribution in [0, 0.1) is 0 Å². The van der Waals surface area contributed by atoms with Crippen LogP contribution in [0.1, 0.15) is 26.7 Å². The van der Waals surface area contributed by atoms with Gasteiger partial charge in [0.1, 0.15) is 12.1 Å². The molecular formula is C20H23BrN4. The highest BCUT2D eigenvalue weighted by atomic mass is 79.9. The van der Waals surface area contributed by atoms with E-state index in [9.17, 15) is 0 Å². The van der Waals surface area contributed by atoms with E-state index in [-0.39, 0.29) is 0 Å². The second-order valence-corrected chi connectivity index (χ2v) is 6.96. The molecule has 0 atom stereocenters. The second kappa shape index (κ2) is 8.30. The highest BCUT2D eigenvalue weighted by molar-refractivity contribution is 9.10. The third-order valence-electron chi connectivity index (χ3n) is 4.08. The van der Waals surface area contributed by atoms with Crippen LogP contribution in [-0.2, 0) is 0 Å². The van der Waals surface area contributed by atoms with Gasteiger partial charge in [0.2, 0.25) is 0 Å². The Kier molecular flexibility index (Phi) is 5.87. The van der Waals surface area contributed by atoms with E-state index in [1.807, 2.05) is 18.2 Å². The molecule has 0 aliphatic rings. The third-order valence-corrected chi connectivity index (χ3v) is 4.57. The molecular weight excluding hydrogens is 376 g/mol. The minimum Gasteiger partial charge on any atom is -0.372 e. The zero-order valence-corrected chi connectivity index (χ0v) is 16.3. The van der Waals surface area contributed by atoms with Crippen LogP contribution in [0.4, 0.5) is 17.2 Å². The number of nitrogens with one attached hydrogen (secondary N) is 1. The van der Waals surface area contributed by atoms with Gasteiger partial charge in [-0.3, -0.25) is 0 Å². The van der Waals surface area contributed by atoms with Crippen LogP contribution < -0.4 is 10.2 Å². The Balaban J connectivity index is 1.83.